The van der Waals surface area contributed by atoms with Crippen LogP contribution in [0.15, 0.2) is 24.4 Å². The van der Waals surface area contributed by atoms with E-state index in [4.69, 9.17) is 9.57 Å². The van der Waals surface area contributed by atoms with Gasteiger partial charge in [-0.3, -0.25) is 20.0 Å². The van der Waals surface area contributed by atoms with E-state index < -0.39 is 46.0 Å². The Bertz CT molecular complexity index is 1700. The van der Waals surface area contributed by atoms with Gasteiger partial charge in [0.05, 0.1) is 34.4 Å². The van der Waals surface area contributed by atoms with Crippen LogP contribution in [0.25, 0.3) is 10.6 Å². The van der Waals surface area contributed by atoms with Gasteiger partial charge < -0.3 is 30.6 Å². The van der Waals surface area contributed by atoms with Gasteiger partial charge >= 0.3 is 6.09 Å². The van der Waals surface area contributed by atoms with Crippen molar-refractivity contribution in [1.82, 2.24) is 20.6 Å². The third kappa shape index (κ3) is 8.62. The Morgan fingerprint density at radius 1 is 1.16 bits per heavy atom. The molecule has 0 radical (unpaired) electrons. The number of nitrogens with zero attached hydrogens (tertiary/aromatic N) is 4. The van der Waals surface area contributed by atoms with E-state index in [1.807, 2.05) is 4.90 Å². The summed E-state index contributed by atoms with van der Waals surface area (Å²) in [6.07, 6.45) is 3.21. The molecule has 4 N–H and O–H groups in total. The van der Waals surface area contributed by atoms with E-state index in [9.17, 15) is 28.7 Å². The molecule has 1 aromatic carbocycles. The van der Waals surface area contributed by atoms with E-state index in [1.54, 1.807) is 48.5 Å². The molecule has 1 saturated heterocycles. The van der Waals surface area contributed by atoms with Crippen molar-refractivity contribution in [2.75, 3.05) is 28.7 Å². The second-order valence-electron chi connectivity index (χ2n) is 14.4. The monoisotopic (exact) mass is 702 g/mol. The molecule has 2 atom stereocenters. The number of hydrazine groups is 1. The maximum absolute atomic E-state index is 14.8. The van der Waals surface area contributed by atoms with Crippen molar-refractivity contribution in [3.05, 3.63) is 58.2 Å². The molecule has 1 aliphatic heterocycles. The number of halogens is 2. The van der Waals surface area contributed by atoms with Crippen molar-refractivity contribution in [2.24, 2.45) is 0 Å². The normalized spacial score (nSPS) is 19.5. The van der Waals surface area contributed by atoms with Crippen LogP contribution >= 0.6 is 11.3 Å². The average molecular weight is 703 g/mol. The summed E-state index contributed by atoms with van der Waals surface area (Å²) < 4.78 is 35.0. The summed E-state index contributed by atoms with van der Waals surface area (Å²) >= 11 is 0.700. The van der Waals surface area contributed by atoms with Crippen molar-refractivity contribution < 1.29 is 33.1 Å². The molecule has 1 unspecified atom stereocenters. The fourth-order valence-corrected chi connectivity index (χ4v) is 6.83. The van der Waals surface area contributed by atoms with E-state index in [-0.39, 0.29) is 27.1 Å². The van der Waals surface area contributed by atoms with Crippen LogP contribution in [0.1, 0.15) is 89.5 Å². The number of alkyl carbamates (subject to hydrolysis) is 1. The second kappa shape index (κ2) is 13.7. The summed E-state index contributed by atoms with van der Waals surface area (Å²) in [6.45, 7) is 12.9. The Kier molecular flexibility index (Phi) is 10.2. The first-order chi connectivity index (χ1) is 22.8. The van der Waals surface area contributed by atoms with E-state index in [0.29, 0.717) is 67.2 Å². The van der Waals surface area contributed by atoms with Crippen LogP contribution in [-0.2, 0) is 21.6 Å². The largest absolute Gasteiger partial charge is 0.743 e. The molecule has 1 fully saturated rings. The molecule has 2 aromatic heterocycles. The Hall–Kier alpha value is -3.96. The van der Waals surface area contributed by atoms with E-state index in [0.717, 1.165) is 17.7 Å². The van der Waals surface area contributed by atoms with Crippen molar-refractivity contribution in [2.45, 2.75) is 97.0 Å². The van der Waals surface area contributed by atoms with Crippen LogP contribution in [0.5, 0.6) is 0 Å². The number of carbonyl (C=O) groups is 2. The zero-order chi connectivity index (χ0) is 35.9. The lowest BCUT2D eigenvalue weighted by molar-refractivity contribution is -0.183. The quantitative estimate of drug-likeness (QED) is 0.197. The van der Waals surface area contributed by atoms with Crippen molar-refractivity contribution in [1.29, 1.82) is 0 Å². The number of ether oxygens (including phenoxy) is 1. The van der Waals surface area contributed by atoms with Gasteiger partial charge in [-0.05, 0) is 86.3 Å². The topological polar surface area (TPSA) is 164 Å². The van der Waals surface area contributed by atoms with Gasteiger partial charge in [0.15, 0.2) is 5.69 Å². The summed E-state index contributed by atoms with van der Waals surface area (Å²) in [5.74, 6) is -2.58. The number of piperidine rings is 1. The smallest absolute Gasteiger partial charge is 0.407 e. The van der Waals surface area contributed by atoms with E-state index >= 15 is 0 Å². The summed E-state index contributed by atoms with van der Waals surface area (Å²) in [6, 6.07) is 3.07. The molecular formula is C33H42F2N7O6S-. The SMILES string of the molecule is CC(C)(C)OC(=O)N[C@H]1CCCN(c2c(NC(=O)c3nc(-c4c(F)cccc4F)sc3NN([O-])OC(C)(C)C)cnc3c2CCC3(C)O)C1. The number of pyridine rings is 1. The summed E-state index contributed by atoms with van der Waals surface area (Å²) in [5, 5.41) is 29.3. The first kappa shape index (κ1) is 36.3. The van der Waals surface area contributed by atoms with Gasteiger partial charge in [0.2, 0.25) is 0 Å². The maximum Gasteiger partial charge on any atom is 0.407 e. The predicted molar refractivity (Wildman–Crippen MR) is 182 cm³/mol. The molecule has 266 valence electrons. The number of anilines is 3. The molecule has 3 heterocycles. The predicted octanol–water partition coefficient (Wildman–Crippen LogP) is 6.24. The van der Waals surface area contributed by atoms with Gasteiger partial charge in [-0.15, -0.1) is 0 Å². The first-order valence-electron chi connectivity index (χ1n) is 16.0. The molecule has 2 aliphatic rings. The minimum atomic E-state index is -1.19. The van der Waals surface area contributed by atoms with Crippen molar-refractivity contribution in [3.63, 3.8) is 0 Å². The average Bonchev–Trinajstić information content (AvgIpc) is 3.50. The van der Waals surface area contributed by atoms with Gasteiger partial charge in [0, 0.05) is 24.7 Å². The zero-order valence-corrected chi connectivity index (χ0v) is 29.4. The Balaban J connectivity index is 1.50. The van der Waals surface area contributed by atoms with Crippen LogP contribution in [-0.4, -0.2) is 62.7 Å². The molecule has 0 spiro atoms. The van der Waals surface area contributed by atoms with Crippen LogP contribution in [0.2, 0.25) is 0 Å². The molecule has 16 heteroatoms. The Morgan fingerprint density at radius 2 is 1.86 bits per heavy atom. The fourth-order valence-electron chi connectivity index (χ4n) is 5.85. The lowest BCUT2D eigenvalue weighted by atomic mass is 10.0. The number of hydrogen-bond donors (Lipinski definition) is 4. The number of benzene rings is 1. The molecule has 2 amide bonds. The van der Waals surface area contributed by atoms with Crippen LogP contribution in [0, 0.1) is 16.8 Å². The highest BCUT2D eigenvalue weighted by Crippen LogP contribution is 2.44. The molecule has 0 saturated carbocycles. The number of fused-ring (bicyclic) bond motifs is 1. The number of nitrogens with one attached hydrogen (secondary N) is 3. The van der Waals surface area contributed by atoms with Crippen LogP contribution in [0.3, 0.4) is 0 Å². The number of aliphatic hydroxyl groups is 1. The van der Waals surface area contributed by atoms with Gasteiger partial charge in [-0.25, -0.2) is 18.6 Å². The maximum atomic E-state index is 14.8. The Morgan fingerprint density at radius 3 is 2.51 bits per heavy atom. The second-order valence-corrected chi connectivity index (χ2v) is 15.4. The summed E-state index contributed by atoms with van der Waals surface area (Å²) in [4.78, 5) is 42.7. The third-order valence-corrected chi connectivity index (χ3v) is 8.77. The first-order valence-corrected chi connectivity index (χ1v) is 16.8. The molecule has 0 bridgehead atoms. The number of carbonyl (C=O) groups excluding carboxylic acids is 2. The molecule has 3 aromatic rings. The minimum Gasteiger partial charge on any atom is -0.743 e. The van der Waals surface area contributed by atoms with Crippen molar-refractivity contribution >= 4 is 39.7 Å². The van der Waals surface area contributed by atoms with E-state index in [2.05, 4.69) is 26.0 Å². The minimum absolute atomic E-state index is 0.0573. The molecule has 13 nitrogen and oxygen atoms in total. The molecular weight excluding hydrogens is 660 g/mol. The van der Waals surface area contributed by atoms with Crippen LogP contribution < -0.4 is 21.0 Å². The molecule has 5 rings (SSSR count). The lowest BCUT2D eigenvalue weighted by Gasteiger charge is -2.37. The number of amides is 2. The van der Waals surface area contributed by atoms with Gasteiger partial charge in [-0.2, -0.15) is 5.34 Å². The summed E-state index contributed by atoms with van der Waals surface area (Å²) in [7, 11) is 0. The number of aromatic nitrogens is 2. The van der Waals surface area contributed by atoms with Gasteiger partial charge in [-0.1, -0.05) is 17.4 Å². The standard InChI is InChI=1S/C33H42F2N7O6S/c1-31(2,3)47-30(44)37-18-10-9-15-41(17-18)25-19-13-14-33(7,45)26(19)36-16-22(25)38-27(43)24-29(40-42(46)48-32(4,5)6)49-28(39-24)23-20(34)11-8-12-21(23)35/h8,11-12,16,18,40,45H,9-10,13-15,17H2,1-7H3,(H,37,44)(H,38,43)/q-1/t18-,33?/m0/s1. The van der Waals surface area contributed by atoms with Gasteiger partial charge in [0.1, 0.15) is 32.8 Å². The highest BCUT2D eigenvalue weighted by molar-refractivity contribution is 7.19. The third-order valence-electron chi connectivity index (χ3n) is 7.80. The van der Waals surface area contributed by atoms with Crippen molar-refractivity contribution in [3.8, 4) is 10.6 Å². The number of hydrogen-bond acceptors (Lipinski definition) is 12. The summed E-state index contributed by atoms with van der Waals surface area (Å²) in [5.41, 5.74) is 1.04. The number of rotatable bonds is 8. The van der Waals surface area contributed by atoms with Gasteiger partial charge in [0.25, 0.3) is 5.91 Å². The highest BCUT2D eigenvalue weighted by atomic mass is 32.1. The van der Waals surface area contributed by atoms with Crippen LogP contribution in [0.4, 0.5) is 30.0 Å². The zero-order valence-electron chi connectivity index (χ0n) is 28.6. The molecule has 1 aliphatic carbocycles. The lowest BCUT2D eigenvalue weighted by Crippen LogP contribution is -2.49. The van der Waals surface area contributed by atoms with E-state index in [1.165, 1.54) is 12.3 Å². The fraction of sp³-hybridized carbons (Fsp3) is 0.515. The number of thiazole rings is 1. The highest BCUT2D eigenvalue weighted by Gasteiger charge is 2.39. The molecule has 49 heavy (non-hydrogen) atoms. The Labute approximate surface area is 287 Å².